The first kappa shape index (κ1) is 40.8. The average Bonchev–Trinajstić information content (AvgIpc) is 3.00. The summed E-state index contributed by atoms with van der Waals surface area (Å²) in [5, 5.41) is 36.5. The first-order valence-corrected chi connectivity index (χ1v) is 13.8. The number of benzene rings is 2. The fourth-order valence-corrected chi connectivity index (χ4v) is 4.20. The van der Waals surface area contributed by atoms with Crippen LogP contribution in [-0.2, 0) is 30.5 Å². The van der Waals surface area contributed by atoms with Crippen molar-refractivity contribution in [3.8, 4) is 0 Å². The number of hydrogen-bond donors (Lipinski definition) is 7. The summed E-state index contributed by atoms with van der Waals surface area (Å²) in [6.45, 7) is 2.13. The van der Waals surface area contributed by atoms with Gasteiger partial charge >= 0.3 is 30.3 Å². The van der Waals surface area contributed by atoms with Crippen molar-refractivity contribution >= 4 is 35.6 Å². The van der Waals surface area contributed by atoms with E-state index in [1.807, 2.05) is 30.3 Å². The molecule has 2 amide bonds. The molecule has 0 spiro atoms. The van der Waals surface area contributed by atoms with Crippen LogP contribution in [0.5, 0.6) is 0 Å². The number of likely N-dealkylation sites (tertiary alicyclic amines) is 1. The molecule has 0 aliphatic carbocycles. The molecule has 0 bridgehead atoms. The van der Waals surface area contributed by atoms with Gasteiger partial charge in [0.15, 0.2) is 0 Å². The Morgan fingerprint density at radius 3 is 1.85 bits per heavy atom. The smallest absolute Gasteiger partial charge is 0.480 e. The van der Waals surface area contributed by atoms with E-state index in [1.54, 1.807) is 36.1 Å². The van der Waals surface area contributed by atoms with Crippen molar-refractivity contribution in [3.05, 3.63) is 71.3 Å². The minimum absolute atomic E-state index is 0.0268. The van der Waals surface area contributed by atoms with E-state index in [4.69, 9.17) is 30.9 Å². The third kappa shape index (κ3) is 14.5. The Hall–Kier alpha value is -5.20. The summed E-state index contributed by atoms with van der Waals surface area (Å²) in [5.74, 6) is -7.08. The van der Waals surface area contributed by atoms with Crippen molar-refractivity contribution in [2.24, 2.45) is 5.73 Å². The topological polar surface area (TPSA) is 223 Å². The van der Waals surface area contributed by atoms with Crippen LogP contribution in [0.25, 0.3) is 0 Å². The molecule has 264 valence electrons. The van der Waals surface area contributed by atoms with Crippen LogP contribution >= 0.6 is 0 Å². The van der Waals surface area contributed by atoms with Gasteiger partial charge < -0.3 is 31.7 Å². The molecule has 3 rings (SSSR count). The number of rotatable bonds is 9. The number of halogens is 6. The van der Waals surface area contributed by atoms with Crippen LogP contribution in [-0.4, -0.2) is 93.3 Å². The number of amides is 2. The molecular formula is C29H33F6N5O8. The van der Waals surface area contributed by atoms with Crippen LogP contribution < -0.4 is 16.4 Å². The number of amidine groups is 1. The molecule has 1 saturated heterocycles. The van der Waals surface area contributed by atoms with Gasteiger partial charge in [-0.25, -0.2) is 9.59 Å². The lowest BCUT2D eigenvalue weighted by molar-refractivity contribution is -0.193. The second-order valence-corrected chi connectivity index (χ2v) is 10.2. The third-order valence-corrected chi connectivity index (χ3v) is 6.59. The van der Waals surface area contributed by atoms with E-state index in [0.29, 0.717) is 18.5 Å². The second kappa shape index (κ2) is 18.2. The van der Waals surface area contributed by atoms with Gasteiger partial charge in [-0.15, -0.1) is 0 Å². The van der Waals surface area contributed by atoms with Gasteiger partial charge in [0.05, 0.1) is 12.6 Å². The van der Waals surface area contributed by atoms with E-state index >= 15 is 0 Å². The van der Waals surface area contributed by atoms with Crippen LogP contribution in [0.2, 0.25) is 0 Å². The number of alkyl halides is 6. The van der Waals surface area contributed by atoms with E-state index in [1.165, 1.54) is 0 Å². The van der Waals surface area contributed by atoms with Gasteiger partial charge in [0.2, 0.25) is 11.8 Å². The highest BCUT2D eigenvalue weighted by Gasteiger charge is 2.39. The number of nitrogen functional groups attached to an aromatic ring is 1. The molecule has 19 heteroatoms. The zero-order valence-electron chi connectivity index (χ0n) is 25.1. The van der Waals surface area contributed by atoms with Crippen molar-refractivity contribution in [2.75, 3.05) is 13.1 Å². The lowest BCUT2D eigenvalue weighted by Gasteiger charge is -2.38. The Bertz CT molecular complexity index is 1400. The van der Waals surface area contributed by atoms with Crippen molar-refractivity contribution in [1.82, 2.24) is 15.5 Å². The molecule has 8 N–H and O–H groups in total. The molecule has 0 aromatic heterocycles. The highest BCUT2D eigenvalue weighted by atomic mass is 19.4. The number of aliphatic carboxylic acids is 3. The van der Waals surface area contributed by atoms with Gasteiger partial charge in [-0.1, -0.05) is 54.6 Å². The highest BCUT2D eigenvalue weighted by molar-refractivity contribution is 5.95. The van der Waals surface area contributed by atoms with Gasteiger partial charge in [-0.2, -0.15) is 26.3 Å². The summed E-state index contributed by atoms with van der Waals surface area (Å²) in [5.41, 5.74) is 8.01. The number of carbonyl (C=O) groups is 5. The summed E-state index contributed by atoms with van der Waals surface area (Å²) in [4.78, 5) is 56.5. The SMILES string of the molecule is CC(NC(=O)[C@H]1C[C@@H](c2ccccc2)CCN1CC(=O)O)C(=O)NCc1ccc(C(=N)N)cc1.O=C(O)C(F)(F)F.O=C(O)C(F)(F)F. The highest BCUT2D eigenvalue weighted by Crippen LogP contribution is 2.31. The molecule has 1 unspecified atom stereocenters. The molecule has 0 saturated carbocycles. The van der Waals surface area contributed by atoms with Crippen LogP contribution in [0, 0.1) is 5.41 Å². The Balaban J connectivity index is 0.000000687. The standard InChI is InChI=1S/C25H31N5O4.2C2HF3O2/c1-16(24(33)28-14-17-7-9-19(10-8-17)23(26)27)29-25(34)21-13-20(18-5-3-2-4-6-18)11-12-30(21)15-22(31)32;2*3-2(4,5)1(6)7/h2-10,16,20-21H,11-15H2,1H3,(H3,26,27)(H,28,33)(H,29,34)(H,31,32);2*(H,6,7)/t16?,20-,21+;;/m0../s1. The molecule has 1 aliphatic heterocycles. The Kier molecular flexibility index (Phi) is 15.5. The minimum atomic E-state index is -5.08. The van der Waals surface area contributed by atoms with Crippen LogP contribution in [0.4, 0.5) is 26.3 Å². The average molecular weight is 694 g/mol. The van der Waals surface area contributed by atoms with Gasteiger partial charge in [-0.05, 0) is 36.8 Å². The molecule has 1 aliphatic rings. The van der Waals surface area contributed by atoms with E-state index in [2.05, 4.69) is 10.6 Å². The molecule has 3 atom stereocenters. The van der Waals surface area contributed by atoms with Gasteiger partial charge in [0.1, 0.15) is 11.9 Å². The molecule has 2 aromatic carbocycles. The second-order valence-electron chi connectivity index (χ2n) is 10.2. The molecule has 1 fully saturated rings. The quantitative estimate of drug-likeness (QED) is 0.116. The van der Waals surface area contributed by atoms with Crippen LogP contribution in [0.1, 0.15) is 42.4 Å². The Morgan fingerprint density at radius 2 is 1.42 bits per heavy atom. The lowest BCUT2D eigenvalue weighted by Crippen LogP contribution is -2.55. The first-order chi connectivity index (χ1) is 22.1. The molecule has 0 radical (unpaired) electrons. The predicted octanol–water partition coefficient (Wildman–Crippen LogP) is 2.69. The maximum Gasteiger partial charge on any atom is 0.490 e. The summed E-state index contributed by atoms with van der Waals surface area (Å²) >= 11 is 0. The molecular weight excluding hydrogens is 660 g/mol. The van der Waals surface area contributed by atoms with E-state index in [0.717, 1.165) is 17.5 Å². The van der Waals surface area contributed by atoms with Crippen molar-refractivity contribution < 1.29 is 65.6 Å². The number of piperidine rings is 1. The van der Waals surface area contributed by atoms with E-state index in [9.17, 15) is 45.8 Å². The molecule has 13 nitrogen and oxygen atoms in total. The Labute approximate surface area is 269 Å². The molecule has 48 heavy (non-hydrogen) atoms. The molecule has 2 aromatic rings. The predicted molar refractivity (Wildman–Crippen MR) is 156 cm³/mol. The molecule has 1 heterocycles. The largest absolute Gasteiger partial charge is 0.490 e. The summed E-state index contributed by atoms with van der Waals surface area (Å²) in [6, 6.07) is 15.4. The van der Waals surface area contributed by atoms with Crippen molar-refractivity contribution in [2.45, 2.75) is 56.7 Å². The number of nitrogens with one attached hydrogen (secondary N) is 3. The lowest BCUT2D eigenvalue weighted by atomic mass is 9.85. The number of nitrogens with zero attached hydrogens (tertiary/aromatic N) is 1. The van der Waals surface area contributed by atoms with E-state index < -0.39 is 42.3 Å². The van der Waals surface area contributed by atoms with Gasteiger partial charge in [0.25, 0.3) is 0 Å². The van der Waals surface area contributed by atoms with Crippen molar-refractivity contribution in [1.29, 1.82) is 5.41 Å². The summed E-state index contributed by atoms with van der Waals surface area (Å²) in [6.07, 6.45) is -8.92. The number of carboxylic acid groups (broad SMARTS) is 3. The van der Waals surface area contributed by atoms with Crippen molar-refractivity contribution in [3.63, 3.8) is 0 Å². The summed E-state index contributed by atoms with van der Waals surface area (Å²) < 4.78 is 63.5. The van der Waals surface area contributed by atoms with Gasteiger partial charge in [0, 0.05) is 18.7 Å². The maximum atomic E-state index is 13.1. The zero-order valence-corrected chi connectivity index (χ0v) is 25.1. The third-order valence-electron chi connectivity index (χ3n) is 6.59. The number of carbonyl (C=O) groups excluding carboxylic acids is 2. The number of carboxylic acids is 3. The maximum absolute atomic E-state index is 13.1. The monoisotopic (exact) mass is 693 g/mol. The Morgan fingerprint density at radius 1 is 0.917 bits per heavy atom. The van der Waals surface area contributed by atoms with Crippen LogP contribution in [0.15, 0.2) is 54.6 Å². The van der Waals surface area contributed by atoms with Gasteiger partial charge in [-0.3, -0.25) is 24.7 Å². The van der Waals surface area contributed by atoms with Crippen LogP contribution in [0.3, 0.4) is 0 Å². The summed E-state index contributed by atoms with van der Waals surface area (Å²) in [7, 11) is 0. The zero-order chi connectivity index (χ0) is 36.8. The number of hydrogen-bond acceptors (Lipinski definition) is 7. The minimum Gasteiger partial charge on any atom is -0.480 e. The van der Waals surface area contributed by atoms with E-state index in [-0.39, 0.29) is 36.7 Å². The normalized spacial score (nSPS) is 16.8. The first-order valence-electron chi connectivity index (χ1n) is 13.8. The fraction of sp³-hybridized carbons (Fsp3) is 0.379. The fourth-order valence-electron chi connectivity index (χ4n) is 4.20. The number of nitrogens with two attached hydrogens (primary N) is 1.